The fourth-order valence-corrected chi connectivity index (χ4v) is 1.42. The van der Waals surface area contributed by atoms with Crippen LogP contribution in [0, 0.1) is 6.92 Å². The van der Waals surface area contributed by atoms with Gasteiger partial charge in [0.1, 0.15) is 5.69 Å². The number of pyridine rings is 1. The minimum absolute atomic E-state index is 0.0291. The van der Waals surface area contributed by atoms with Crippen molar-refractivity contribution in [2.75, 3.05) is 0 Å². The second-order valence-corrected chi connectivity index (χ2v) is 3.37. The zero-order valence-electron chi connectivity index (χ0n) is 8.95. The van der Waals surface area contributed by atoms with Gasteiger partial charge in [-0.25, -0.2) is 4.79 Å². The summed E-state index contributed by atoms with van der Waals surface area (Å²) >= 11 is 0. The first-order chi connectivity index (χ1) is 8.08. The Labute approximate surface area is 95.3 Å². The third kappa shape index (κ3) is 2.22. The highest BCUT2D eigenvalue weighted by Gasteiger charge is 2.13. The molecule has 0 aliphatic heterocycles. The van der Waals surface area contributed by atoms with Gasteiger partial charge in [0.15, 0.2) is 5.82 Å². The van der Waals surface area contributed by atoms with Crippen molar-refractivity contribution in [3.63, 3.8) is 0 Å². The van der Waals surface area contributed by atoms with Gasteiger partial charge in [0.25, 0.3) is 5.56 Å². The second kappa shape index (κ2) is 4.20. The normalized spacial score (nSPS) is 10.4. The molecule has 17 heavy (non-hydrogen) atoms. The highest BCUT2D eigenvalue weighted by Crippen LogP contribution is 2.01. The van der Waals surface area contributed by atoms with E-state index in [-0.39, 0.29) is 18.1 Å². The molecule has 2 aromatic heterocycles. The van der Waals surface area contributed by atoms with Crippen molar-refractivity contribution < 1.29 is 14.4 Å². The van der Waals surface area contributed by atoms with E-state index >= 15 is 0 Å². The molecule has 0 atom stereocenters. The Morgan fingerprint density at radius 2 is 2.29 bits per heavy atom. The Balaban J connectivity index is 2.44. The molecule has 0 unspecified atom stereocenters. The Bertz CT molecular complexity index is 614. The van der Waals surface area contributed by atoms with Crippen LogP contribution in [0.2, 0.25) is 0 Å². The molecule has 0 saturated carbocycles. The lowest BCUT2D eigenvalue weighted by molar-refractivity contribution is 0.0684. The molecule has 7 nitrogen and oxygen atoms in total. The summed E-state index contributed by atoms with van der Waals surface area (Å²) in [6.07, 6.45) is 0. The van der Waals surface area contributed by atoms with Gasteiger partial charge in [0.2, 0.25) is 5.89 Å². The lowest BCUT2D eigenvalue weighted by atomic mass is 10.3. The van der Waals surface area contributed by atoms with E-state index in [4.69, 9.17) is 9.63 Å². The molecule has 2 heterocycles. The number of nitrogens with zero attached hydrogens (tertiary/aromatic N) is 3. The van der Waals surface area contributed by atoms with Crippen LogP contribution in [-0.2, 0) is 6.54 Å². The van der Waals surface area contributed by atoms with Crippen LogP contribution < -0.4 is 5.56 Å². The molecule has 88 valence electrons. The molecule has 0 saturated heterocycles. The fraction of sp³-hybridized carbons (Fsp3) is 0.200. The van der Waals surface area contributed by atoms with Gasteiger partial charge in [0.05, 0.1) is 6.54 Å². The minimum atomic E-state index is -1.18. The number of aromatic carboxylic acids is 1. The molecule has 2 aromatic rings. The summed E-state index contributed by atoms with van der Waals surface area (Å²) in [6.45, 7) is 1.58. The smallest absolute Gasteiger partial charge is 0.352 e. The molecular formula is C10H9N3O4. The van der Waals surface area contributed by atoms with E-state index in [1.807, 2.05) is 0 Å². The Morgan fingerprint density at radius 1 is 1.53 bits per heavy atom. The van der Waals surface area contributed by atoms with Gasteiger partial charge >= 0.3 is 5.97 Å². The molecule has 1 N–H and O–H groups in total. The average Bonchev–Trinajstić information content (AvgIpc) is 2.67. The first kappa shape index (κ1) is 11.1. The van der Waals surface area contributed by atoms with Crippen LogP contribution in [0.4, 0.5) is 0 Å². The highest BCUT2D eigenvalue weighted by atomic mass is 16.5. The Hall–Kier alpha value is -2.44. The number of carboxylic acids is 1. The molecule has 0 radical (unpaired) electrons. The van der Waals surface area contributed by atoms with Gasteiger partial charge in [-0.1, -0.05) is 11.2 Å². The van der Waals surface area contributed by atoms with Crippen LogP contribution in [0.25, 0.3) is 0 Å². The van der Waals surface area contributed by atoms with E-state index in [2.05, 4.69) is 10.1 Å². The van der Waals surface area contributed by atoms with Crippen molar-refractivity contribution in [2.45, 2.75) is 13.5 Å². The van der Waals surface area contributed by atoms with Gasteiger partial charge in [-0.15, -0.1) is 0 Å². The monoisotopic (exact) mass is 235 g/mol. The molecule has 0 aliphatic rings. The molecule has 0 spiro atoms. The first-order valence-corrected chi connectivity index (χ1v) is 4.80. The summed E-state index contributed by atoms with van der Waals surface area (Å²) in [5.74, 6) is -0.554. The summed E-state index contributed by atoms with van der Waals surface area (Å²) in [4.78, 5) is 26.4. The van der Waals surface area contributed by atoms with Gasteiger partial charge in [-0.2, -0.15) is 4.98 Å². The zero-order chi connectivity index (χ0) is 12.4. The summed E-state index contributed by atoms with van der Waals surface area (Å²) < 4.78 is 5.83. The largest absolute Gasteiger partial charge is 0.477 e. The maximum absolute atomic E-state index is 11.6. The minimum Gasteiger partial charge on any atom is -0.477 e. The van der Waals surface area contributed by atoms with E-state index in [1.54, 1.807) is 6.92 Å². The maximum Gasteiger partial charge on any atom is 0.352 e. The molecule has 0 fully saturated rings. The van der Waals surface area contributed by atoms with Crippen LogP contribution in [0.5, 0.6) is 0 Å². The molecule has 2 rings (SSSR count). The standard InChI is InChI=1S/C10H9N3O4/c1-6-11-8(12-17-6)5-13-7(10(15)16)3-2-4-9(13)14/h2-4H,5H2,1H3,(H,15,16). The summed E-state index contributed by atoms with van der Waals surface area (Å²) in [5.41, 5.74) is -0.535. The first-order valence-electron chi connectivity index (χ1n) is 4.80. The fourth-order valence-electron chi connectivity index (χ4n) is 1.42. The highest BCUT2D eigenvalue weighted by molar-refractivity contribution is 5.85. The summed E-state index contributed by atoms with van der Waals surface area (Å²) in [7, 11) is 0. The van der Waals surface area contributed by atoms with Crippen LogP contribution in [0.3, 0.4) is 0 Å². The quantitative estimate of drug-likeness (QED) is 0.820. The van der Waals surface area contributed by atoms with Crippen molar-refractivity contribution in [3.8, 4) is 0 Å². The molecule has 7 heteroatoms. The number of hydrogen-bond donors (Lipinski definition) is 1. The number of hydrogen-bond acceptors (Lipinski definition) is 5. The van der Waals surface area contributed by atoms with Crippen molar-refractivity contribution in [3.05, 3.63) is 46.0 Å². The van der Waals surface area contributed by atoms with Gasteiger partial charge in [0, 0.05) is 13.0 Å². The van der Waals surface area contributed by atoms with Gasteiger partial charge < -0.3 is 9.63 Å². The lowest BCUT2D eigenvalue weighted by Gasteiger charge is -2.05. The summed E-state index contributed by atoms with van der Waals surface area (Å²) in [6, 6.07) is 4.01. The molecule has 0 bridgehead atoms. The maximum atomic E-state index is 11.6. The van der Waals surface area contributed by atoms with Crippen LogP contribution in [-0.4, -0.2) is 25.8 Å². The Morgan fingerprint density at radius 3 is 2.88 bits per heavy atom. The van der Waals surface area contributed by atoms with Crippen molar-refractivity contribution in [2.24, 2.45) is 0 Å². The van der Waals surface area contributed by atoms with E-state index in [0.717, 1.165) is 4.57 Å². The van der Waals surface area contributed by atoms with E-state index < -0.39 is 11.5 Å². The SMILES string of the molecule is Cc1nc(Cn2c(C(=O)O)cccc2=O)no1. The molecule has 0 aliphatic carbocycles. The molecular weight excluding hydrogens is 226 g/mol. The number of aryl methyl sites for hydroxylation is 1. The number of carboxylic acid groups (broad SMARTS) is 1. The predicted molar refractivity (Wildman–Crippen MR) is 55.8 cm³/mol. The van der Waals surface area contributed by atoms with Crippen LogP contribution in [0.1, 0.15) is 22.2 Å². The van der Waals surface area contributed by atoms with Crippen molar-refractivity contribution >= 4 is 5.97 Å². The van der Waals surface area contributed by atoms with Crippen LogP contribution in [0.15, 0.2) is 27.5 Å². The second-order valence-electron chi connectivity index (χ2n) is 3.37. The summed E-state index contributed by atoms with van der Waals surface area (Å²) in [5, 5.41) is 12.6. The topological polar surface area (TPSA) is 98.2 Å². The Kier molecular flexibility index (Phi) is 2.73. The number of aromatic nitrogens is 3. The van der Waals surface area contributed by atoms with Crippen molar-refractivity contribution in [1.82, 2.24) is 14.7 Å². The van der Waals surface area contributed by atoms with Gasteiger partial charge in [-0.05, 0) is 6.07 Å². The van der Waals surface area contributed by atoms with Gasteiger partial charge in [-0.3, -0.25) is 9.36 Å². The third-order valence-corrected chi connectivity index (χ3v) is 2.14. The van der Waals surface area contributed by atoms with Crippen molar-refractivity contribution in [1.29, 1.82) is 0 Å². The third-order valence-electron chi connectivity index (χ3n) is 2.14. The number of rotatable bonds is 3. The molecule has 0 aromatic carbocycles. The average molecular weight is 235 g/mol. The number of carbonyl (C=O) groups is 1. The van der Waals surface area contributed by atoms with E-state index in [0.29, 0.717) is 5.89 Å². The zero-order valence-corrected chi connectivity index (χ0v) is 8.95. The predicted octanol–water partition coefficient (Wildman–Crippen LogP) is 0.286. The molecule has 0 amide bonds. The van der Waals surface area contributed by atoms with Crippen LogP contribution >= 0.6 is 0 Å². The van der Waals surface area contributed by atoms with E-state index in [9.17, 15) is 9.59 Å². The lowest BCUT2D eigenvalue weighted by Crippen LogP contribution is -2.25. The van der Waals surface area contributed by atoms with E-state index in [1.165, 1.54) is 18.2 Å².